The van der Waals surface area contributed by atoms with E-state index in [1.165, 1.54) is 4.90 Å². The Bertz CT molecular complexity index is 1580. The maximum atomic E-state index is 13.9. The smallest absolute Gasteiger partial charge is 0.264 e. The summed E-state index contributed by atoms with van der Waals surface area (Å²) in [5.74, 6) is -1.98. The molecule has 0 radical (unpaired) electrons. The zero-order valence-corrected chi connectivity index (χ0v) is 25.6. The summed E-state index contributed by atoms with van der Waals surface area (Å²) in [6.07, 6.45) is -2.38. The van der Waals surface area contributed by atoms with Crippen LogP contribution in [0.1, 0.15) is 30.2 Å². The predicted octanol–water partition coefficient (Wildman–Crippen LogP) is 0.222. The van der Waals surface area contributed by atoms with Crippen molar-refractivity contribution < 1.29 is 45.0 Å². The number of hydrogen-bond donors (Lipinski definition) is 7. The largest absolute Gasteiger partial charge is 0.396 e. The Kier molecular flexibility index (Phi) is 10.2. The van der Waals surface area contributed by atoms with Gasteiger partial charge in [0, 0.05) is 48.0 Å². The minimum atomic E-state index is -1.88. The van der Waals surface area contributed by atoms with Crippen LogP contribution in [0.5, 0.6) is 0 Å². The third kappa shape index (κ3) is 6.70. The van der Waals surface area contributed by atoms with Gasteiger partial charge in [-0.3, -0.25) is 14.3 Å². The molecule has 3 heterocycles. The number of carbonyl (C=O) groups is 2. The highest BCUT2D eigenvalue weighted by Gasteiger charge is 2.52. The van der Waals surface area contributed by atoms with E-state index in [0.29, 0.717) is 52.6 Å². The molecule has 7 atom stereocenters. The lowest BCUT2D eigenvalue weighted by Crippen LogP contribution is -2.60. The van der Waals surface area contributed by atoms with Crippen LogP contribution in [0.4, 0.5) is 11.4 Å². The summed E-state index contributed by atoms with van der Waals surface area (Å²) in [7, 11) is 0. The summed E-state index contributed by atoms with van der Waals surface area (Å²) in [4.78, 5) is 28.0. The lowest BCUT2D eigenvalue weighted by molar-refractivity contribution is -0.274. The molecule has 1 fully saturated rings. The Balaban J connectivity index is 1.26. The predicted molar refractivity (Wildman–Crippen MR) is 164 cm³/mol. The van der Waals surface area contributed by atoms with Gasteiger partial charge < -0.3 is 45.6 Å². The Labute approximate surface area is 269 Å². The Morgan fingerprint density at radius 1 is 1.13 bits per heavy atom. The molecule has 46 heavy (non-hydrogen) atoms. The normalized spacial score (nSPS) is 26.8. The Morgan fingerprint density at radius 3 is 2.59 bits per heavy atom. The second-order valence-electron chi connectivity index (χ2n) is 11.4. The first-order valence-corrected chi connectivity index (χ1v) is 15.1. The van der Waals surface area contributed by atoms with Gasteiger partial charge in [-0.05, 0) is 42.3 Å². The average Bonchev–Trinajstić information content (AvgIpc) is 3.57. The summed E-state index contributed by atoms with van der Waals surface area (Å²) in [6.45, 7) is 2.37. The second-order valence-corrected chi connectivity index (χ2v) is 11.8. The van der Waals surface area contributed by atoms with Gasteiger partial charge in [0.2, 0.25) is 0 Å². The van der Waals surface area contributed by atoms with E-state index in [1.54, 1.807) is 66.3 Å². The quantitative estimate of drug-likeness (QED) is 0.139. The highest BCUT2D eigenvalue weighted by Crippen LogP contribution is 2.46. The number of fused-ring (bicyclic) bond motifs is 1. The Morgan fingerprint density at radius 2 is 1.87 bits per heavy atom. The van der Waals surface area contributed by atoms with Gasteiger partial charge in [0.1, 0.15) is 18.3 Å². The van der Waals surface area contributed by atoms with Crippen LogP contribution in [-0.2, 0) is 39.4 Å². The number of carbonyl (C=O) groups excluding carboxylic acids is 2. The van der Waals surface area contributed by atoms with Gasteiger partial charge in [-0.15, -0.1) is 5.10 Å². The fourth-order valence-electron chi connectivity index (χ4n) is 5.57. The molecule has 2 aliphatic rings. The lowest BCUT2D eigenvalue weighted by atomic mass is 9.83. The highest BCUT2D eigenvalue weighted by molar-refractivity contribution is 6.31. The highest BCUT2D eigenvalue weighted by atomic mass is 35.5. The van der Waals surface area contributed by atoms with E-state index < -0.39 is 54.0 Å². The minimum absolute atomic E-state index is 0.0112. The third-order valence-electron chi connectivity index (χ3n) is 8.20. The first kappa shape index (κ1) is 33.6. The van der Waals surface area contributed by atoms with E-state index in [2.05, 4.69) is 15.6 Å². The molecule has 0 spiro atoms. The number of hydrogen-bond acceptors (Lipinski definition) is 11. The van der Waals surface area contributed by atoms with E-state index >= 15 is 0 Å². The molecule has 0 unspecified atom stereocenters. The van der Waals surface area contributed by atoms with E-state index in [-0.39, 0.29) is 13.2 Å². The van der Waals surface area contributed by atoms with Crippen LogP contribution in [0.3, 0.4) is 0 Å². The molecule has 246 valence electrons. The van der Waals surface area contributed by atoms with Gasteiger partial charge in [-0.1, -0.05) is 48.0 Å². The molecular formula is C31H36ClN5O9. The molecule has 7 N–H and O–H groups in total. The number of aliphatic hydroxyl groups is 6. The van der Waals surface area contributed by atoms with E-state index in [9.17, 15) is 35.1 Å². The summed E-state index contributed by atoms with van der Waals surface area (Å²) >= 11 is 6.29. The molecule has 15 heteroatoms. The molecule has 14 nitrogen and oxygen atoms in total. The number of halogens is 1. The van der Waals surface area contributed by atoms with E-state index in [0.717, 1.165) is 0 Å². The van der Waals surface area contributed by atoms with Crippen LogP contribution < -0.4 is 10.2 Å². The molecule has 0 bridgehead atoms. The maximum absolute atomic E-state index is 13.9. The number of amides is 2. The van der Waals surface area contributed by atoms with Gasteiger partial charge in [0.25, 0.3) is 11.8 Å². The van der Waals surface area contributed by atoms with Crippen molar-refractivity contribution in [1.82, 2.24) is 15.0 Å². The number of nitrogens with one attached hydrogen (secondary N) is 1. The van der Waals surface area contributed by atoms with Gasteiger partial charge in [0.05, 0.1) is 17.9 Å². The van der Waals surface area contributed by atoms with Crippen molar-refractivity contribution in [2.75, 3.05) is 16.8 Å². The minimum Gasteiger partial charge on any atom is -0.396 e. The van der Waals surface area contributed by atoms with Crippen LogP contribution in [0.25, 0.3) is 0 Å². The molecular weight excluding hydrogens is 622 g/mol. The van der Waals surface area contributed by atoms with Crippen molar-refractivity contribution in [2.24, 2.45) is 5.92 Å². The number of allylic oxidation sites excluding steroid dienone is 1. The molecule has 0 saturated carbocycles. The van der Waals surface area contributed by atoms with Crippen molar-refractivity contribution in [3.8, 4) is 0 Å². The first-order valence-electron chi connectivity index (χ1n) is 14.7. The molecule has 1 saturated heterocycles. The van der Waals surface area contributed by atoms with Gasteiger partial charge in [-0.25, -0.2) is 0 Å². The second kappa shape index (κ2) is 13.9. The van der Waals surface area contributed by atoms with Crippen molar-refractivity contribution in [2.45, 2.75) is 69.2 Å². The number of anilines is 2. The molecule has 1 aromatic heterocycles. The standard InChI is InChI=1S/C31H36ClN5O9/c1-17(4-2-3-12-36-16-21(11-13-38)34-35-36)31(45)22-14-19(32)7-10-23(22)37(30(31)44)15-18-5-8-20(9-6-18)33-28(42)27-25(40)24(39)26(41)29(43)46-27/h2,4-10,14,16-17,24-27,29,38-41,43,45H,3,11-13,15H2,1H3,(H,33,42)/b4-2+/t17-,24-,25-,26+,27-,29+,31+/m0/s1. The van der Waals surface area contributed by atoms with Crippen LogP contribution in [-0.4, -0.2) is 94.8 Å². The van der Waals surface area contributed by atoms with Crippen molar-refractivity contribution in [3.05, 3.63) is 82.7 Å². The number of aliphatic hydroxyl groups excluding tert-OH is 5. The molecule has 3 aromatic rings. The zero-order chi connectivity index (χ0) is 33.2. The van der Waals surface area contributed by atoms with Crippen LogP contribution in [0.15, 0.2) is 60.8 Å². The van der Waals surface area contributed by atoms with Crippen molar-refractivity contribution in [3.63, 3.8) is 0 Å². The number of aryl methyl sites for hydroxylation is 1. The number of nitrogens with zero attached hydrogens (tertiary/aromatic N) is 4. The summed E-state index contributed by atoms with van der Waals surface area (Å²) < 4.78 is 6.63. The van der Waals surface area contributed by atoms with Crippen molar-refractivity contribution >= 4 is 34.8 Å². The lowest BCUT2D eigenvalue weighted by Gasteiger charge is -2.37. The van der Waals surface area contributed by atoms with Gasteiger partial charge in [-0.2, -0.15) is 0 Å². The molecule has 2 aromatic carbocycles. The number of benzene rings is 2. The molecule has 0 aliphatic carbocycles. The molecule has 5 rings (SSSR count). The van der Waals surface area contributed by atoms with Crippen LogP contribution >= 0.6 is 11.6 Å². The van der Waals surface area contributed by atoms with Gasteiger partial charge in [0.15, 0.2) is 18.0 Å². The van der Waals surface area contributed by atoms with Crippen LogP contribution in [0.2, 0.25) is 5.02 Å². The third-order valence-corrected chi connectivity index (χ3v) is 8.44. The van der Waals surface area contributed by atoms with Gasteiger partial charge >= 0.3 is 0 Å². The summed E-state index contributed by atoms with van der Waals surface area (Å²) in [6, 6.07) is 11.4. The first-order chi connectivity index (χ1) is 21.9. The summed E-state index contributed by atoms with van der Waals surface area (Å²) in [5.41, 5.74) is 0.695. The molecule has 2 amide bonds. The van der Waals surface area contributed by atoms with E-state index in [1.807, 2.05) is 6.08 Å². The van der Waals surface area contributed by atoms with Crippen LogP contribution in [0, 0.1) is 5.92 Å². The number of rotatable bonds is 11. The fraction of sp³-hybridized carbons (Fsp3) is 0.419. The average molecular weight is 658 g/mol. The summed E-state index contributed by atoms with van der Waals surface area (Å²) in [5, 5.41) is 71.2. The molecule has 2 aliphatic heterocycles. The maximum Gasteiger partial charge on any atom is 0.264 e. The zero-order valence-electron chi connectivity index (χ0n) is 24.8. The van der Waals surface area contributed by atoms with E-state index in [4.69, 9.17) is 21.4 Å². The Hall–Kier alpha value is -3.73. The van der Waals surface area contributed by atoms with Crippen molar-refractivity contribution in [1.29, 1.82) is 0 Å². The fourth-order valence-corrected chi connectivity index (χ4v) is 5.74. The topological polar surface area (TPSA) is 211 Å². The SMILES string of the molecule is C[C@@H](/C=C/CCn1cc(CCO)nn1)[C@]1(O)C(=O)N(Cc2ccc(NC(=O)[C@H]3O[C@@H](O)[C@H](O)[C@@H](O)[C@@H]3O)cc2)c2ccc(Cl)cc21. The number of ether oxygens (including phenoxy) is 1. The number of aromatic nitrogens is 3. The monoisotopic (exact) mass is 657 g/mol.